The highest BCUT2D eigenvalue weighted by Crippen LogP contribution is 2.48. The van der Waals surface area contributed by atoms with Gasteiger partial charge in [0.25, 0.3) is 0 Å². The third kappa shape index (κ3) is 3.33. The normalized spacial score (nSPS) is 24.4. The lowest BCUT2D eigenvalue weighted by molar-refractivity contribution is -0.123. The Hall–Kier alpha value is -2.14. The van der Waals surface area contributed by atoms with Gasteiger partial charge in [0.2, 0.25) is 5.91 Å². The number of para-hydroxylation sites is 1. The summed E-state index contributed by atoms with van der Waals surface area (Å²) in [7, 11) is 0. The van der Waals surface area contributed by atoms with Gasteiger partial charge in [-0.3, -0.25) is 4.79 Å². The number of nitrogens with one attached hydrogen (secondary N) is 2. The number of rotatable bonds is 6. The molecule has 4 rings (SSSR count). The van der Waals surface area contributed by atoms with Crippen LogP contribution in [0.4, 0.5) is 0 Å². The quantitative estimate of drug-likeness (QED) is 0.848. The second-order valence-electron chi connectivity index (χ2n) is 7.70. The minimum Gasteiger partial charge on any atom is -0.350 e. The molecule has 2 heterocycles. The number of nitrogens with zero attached hydrogens (tertiary/aromatic N) is 2. The van der Waals surface area contributed by atoms with Crippen LogP contribution in [-0.2, 0) is 17.8 Å². The summed E-state index contributed by atoms with van der Waals surface area (Å²) in [5.41, 5.74) is 3.19. The van der Waals surface area contributed by atoms with Crippen molar-refractivity contribution in [3.8, 4) is 5.69 Å². The van der Waals surface area contributed by atoms with Crippen LogP contribution in [0.3, 0.4) is 0 Å². The zero-order valence-corrected chi connectivity index (χ0v) is 14.9. The molecule has 1 aromatic heterocycles. The molecule has 0 spiro atoms. The van der Waals surface area contributed by atoms with E-state index in [9.17, 15) is 4.79 Å². The van der Waals surface area contributed by atoms with E-state index in [4.69, 9.17) is 5.10 Å². The fourth-order valence-electron chi connectivity index (χ4n) is 4.02. The monoisotopic (exact) mass is 338 g/mol. The summed E-state index contributed by atoms with van der Waals surface area (Å²) in [6.07, 6.45) is 0.967. The summed E-state index contributed by atoms with van der Waals surface area (Å²) >= 11 is 0. The van der Waals surface area contributed by atoms with Gasteiger partial charge in [0, 0.05) is 11.6 Å². The highest BCUT2D eigenvalue weighted by molar-refractivity contribution is 5.82. The lowest BCUT2D eigenvalue weighted by atomic mass is 10.1. The van der Waals surface area contributed by atoms with Crippen LogP contribution in [0.2, 0.25) is 0 Å². The standard InChI is InChI=1S/C20H26N4O/c1-13(2)8-16-9-14(23-24(16)15-6-4-3-5-7-15)10-22-20(25)19-17-11-21-12-18(17)19/h3-7,9,13,17-19,21H,8,10-12H2,1-2H3,(H,22,25)/t17-,18+,19+. The first-order chi connectivity index (χ1) is 12.1. The van der Waals surface area contributed by atoms with Crippen molar-refractivity contribution < 1.29 is 4.79 Å². The van der Waals surface area contributed by atoms with E-state index in [-0.39, 0.29) is 11.8 Å². The summed E-state index contributed by atoms with van der Waals surface area (Å²) in [6.45, 7) is 6.91. The second-order valence-corrected chi connectivity index (χ2v) is 7.70. The first-order valence-electron chi connectivity index (χ1n) is 9.25. The summed E-state index contributed by atoms with van der Waals surface area (Å²) in [5.74, 6) is 2.07. The average molecular weight is 338 g/mol. The molecule has 132 valence electrons. The molecule has 5 heteroatoms. The highest BCUT2D eigenvalue weighted by Gasteiger charge is 2.56. The Morgan fingerprint density at radius 1 is 1.28 bits per heavy atom. The first-order valence-corrected chi connectivity index (χ1v) is 9.25. The van der Waals surface area contributed by atoms with Gasteiger partial charge in [-0.2, -0.15) is 5.10 Å². The van der Waals surface area contributed by atoms with Crippen LogP contribution < -0.4 is 10.6 Å². The number of carbonyl (C=O) groups excluding carboxylic acids is 1. The molecule has 2 aliphatic rings. The number of hydrogen-bond acceptors (Lipinski definition) is 3. The molecule has 1 saturated carbocycles. The average Bonchev–Trinajstić information content (AvgIpc) is 2.95. The molecule has 5 nitrogen and oxygen atoms in total. The molecule has 1 saturated heterocycles. The van der Waals surface area contributed by atoms with E-state index in [1.54, 1.807) is 0 Å². The van der Waals surface area contributed by atoms with Crippen molar-refractivity contribution in [3.63, 3.8) is 0 Å². The Morgan fingerprint density at radius 2 is 2.00 bits per heavy atom. The van der Waals surface area contributed by atoms with Crippen LogP contribution in [0.1, 0.15) is 25.2 Å². The molecule has 1 aromatic carbocycles. The smallest absolute Gasteiger partial charge is 0.224 e. The van der Waals surface area contributed by atoms with Gasteiger partial charge in [-0.1, -0.05) is 32.0 Å². The number of amides is 1. The molecule has 1 aliphatic carbocycles. The molecule has 0 radical (unpaired) electrons. The third-order valence-electron chi connectivity index (χ3n) is 5.29. The van der Waals surface area contributed by atoms with Gasteiger partial charge in [0.05, 0.1) is 17.9 Å². The Balaban J connectivity index is 1.46. The summed E-state index contributed by atoms with van der Waals surface area (Å²) in [6, 6.07) is 12.3. The van der Waals surface area contributed by atoms with Gasteiger partial charge in [-0.15, -0.1) is 0 Å². The van der Waals surface area contributed by atoms with Crippen molar-refractivity contribution in [3.05, 3.63) is 47.8 Å². The van der Waals surface area contributed by atoms with Gasteiger partial charge < -0.3 is 10.6 Å². The highest BCUT2D eigenvalue weighted by atomic mass is 16.2. The Labute approximate surface area is 148 Å². The molecule has 3 atom stereocenters. The number of piperidine rings is 1. The molecule has 1 amide bonds. The van der Waals surface area contributed by atoms with Gasteiger partial charge in [-0.25, -0.2) is 4.68 Å². The maximum Gasteiger partial charge on any atom is 0.224 e. The van der Waals surface area contributed by atoms with E-state index >= 15 is 0 Å². The van der Waals surface area contributed by atoms with E-state index in [1.165, 1.54) is 5.69 Å². The Kier molecular flexibility index (Phi) is 4.34. The van der Waals surface area contributed by atoms with E-state index in [0.29, 0.717) is 24.3 Å². The van der Waals surface area contributed by atoms with Crippen LogP contribution >= 0.6 is 0 Å². The molecular weight excluding hydrogens is 312 g/mol. The van der Waals surface area contributed by atoms with Gasteiger partial charge >= 0.3 is 0 Å². The van der Waals surface area contributed by atoms with Crippen LogP contribution in [0, 0.1) is 23.7 Å². The van der Waals surface area contributed by atoms with Crippen molar-refractivity contribution >= 4 is 5.91 Å². The maximum atomic E-state index is 12.4. The van der Waals surface area contributed by atoms with E-state index in [0.717, 1.165) is 30.9 Å². The molecule has 1 aliphatic heterocycles. The molecule has 2 N–H and O–H groups in total. The SMILES string of the molecule is CC(C)Cc1cc(CNC(=O)[C@H]2[C@@H]3CNC[C@@H]32)nn1-c1ccccc1. The molecule has 2 fully saturated rings. The van der Waals surface area contributed by atoms with E-state index in [2.05, 4.69) is 42.7 Å². The second kappa shape index (κ2) is 6.64. The van der Waals surface area contributed by atoms with Crippen LogP contribution in [0.25, 0.3) is 5.69 Å². The fraction of sp³-hybridized carbons (Fsp3) is 0.500. The zero-order chi connectivity index (χ0) is 17.4. The van der Waals surface area contributed by atoms with E-state index < -0.39 is 0 Å². The number of carbonyl (C=O) groups is 1. The molecule has 0 unspecified atom stereocenters. The lowest BCUT2D eigenvalue weighted by Gasteiger charge is -2.09. The summed E-state index contributed by atoms with van der Waals surface area (Å²) < 4.78 is 2.01. The van der Waals surface area contributed by atoms with Gasteiger partial charge in [-0.05, 0) is 55.5 Å². The van der Waals surface area contributed by atoms with Gasteiger partial charge in [0.1, 0.15) is 0 Å². The largest absolute Gasteiger partial charge is 0.350 e. The number of benzene rings is 1. The van der Waals surface area contributed by atoms with Crippen LogP contribution in [-0.4, -0.2) is 28.8 Å². The molecule has 2 aromatic rings. The van der Waals surface area contributed by atoms with Crippen molar-refractivity contribution in [2.75, 3.05) is 13.1 Å². The molecule has 0 bridgehead atoms. The topological polar surface area (TPSA) is 59.0 Å². The van der Waals surface area contributed by atoms with Crippen molar-refractivity contribution in [1.29, 1.82) is 0 Å². The van der Waals surface area contributed by atoms with Gasteiger partial charge in [0.15, 0.2) is 0 Å². The van der Waals surface area contributed by atoms with Crippen molar-refractivity contribution in [1.82, 2.24) is 20.4 Å². The lowest BCUT2D eigenvalue weighted by Crippen LogP contribution is -2.29. The minimum absolute atomic E-state index is 0.191. The number of aromatic nitrogens is 2. The van der Waals surface area contributed by atoms with Crippen LogP contribution in [0.5, 0.6) is 0 Å². The summed E-state index contributed by atoms with van der Waals surface area (Å²) in [5, 5.41) is 11.2. The first kappa shape index (κ1) is 16.3. The maximum absolute atomic E-state index is 12.4. The van der Waals surface area contributed by atoms with Crippen molar-refractivity contribution in [2.24, 2.45) is 23.7 Å². The predicted octanol–water partition coefficient (Wildman–Crippen LogP) is 2.15. The Bertz CT molecular complexity index is 742. The summed E-state index contributed by atoms with van der Waals surface area (Å²) in [4.78, 5) is 12.4. The van der Waals surface area contributed by atoms with E-state index in [1.807, 2.05) is 22.9 Å². The Morgan fingerprint density at radius 3 is 2.68 bits per heavy atom. The third-order valence-corrected chi connectivity index (χ3v) is 5.29. The minimum atomic E-state index is 0.191. The zero-order valence-electron chi connectivity index (χ0n) is 14.9. The van der Waals surface area contributed by atoms with Crippen LogP contribution in [0.15, 0.2) is 36.4 Å². The fourth-order valence-corrected chi connectivity index (χ4v) is 4.02. The molecular formula is C20H26N4O. The predicted molar refractivity (Wildman–Crippen MR) is 97.3 cm³/mol. The number of hydrogen-bond donors (Lipinski definition) is 2. The molecule has 25 heavy (non-hydrogen) atoms. The van der Waals surface area contributed by atoms with Crippen molar-refractivity contribution in [2.45, 2.75) is 26.8 Å². The number of fused-ring (bicyclic) bond motifs is 1.